The quantitative estimate of drug-likeness (QED) is 0.603. The van der Waals surface area contributed by atoms with E-state index in [1.54, 1.807) is 19.1 Å². The fourth-order valence-electron chi connectivity index (χ4n) is 4.30. The molecule has 1 amide bonds. The van der Waals surface area contributed by atoms with Gasteiger partial charge in [0, 0.05) is 13.1 Å². The Morgan fingerprint density at radius 1 is 1.12 bits per heavy atom. The van der Waals surface area contributed by atoms with E-state index in [-0.39, 0.29) is 5.91 Å². The average Bonchev–Trinajstić information content (AvgIpc) is 2.78. The summed E-state index contributed by atoms with van der Waals surface area (Å²) in [6.07, 6.45) is 4.90. The minimum atomic E-state index is -3.73. The molecule has 33 heavy (non-hydrogen) atoms. The number of carbonyl (C=O) groups is 1. The third kappa shape index (κ3) is 6.71. The van der Waals surface area contributed by atoms with Crippen molar-refractivity contribution in [2.45, 2.75) is 52.2 Å². The minimum absolute atomic E-state index is 0.333. The molecule has 0 aromatic heterocycles. The Bertz CT molecular complexity index is 1070. The molecule has 1 atom stereocenters. The average molecular weight is 474 g/mol. The van der Waals surface area contributed by atoms with E-state index < -0.39 is 16.1 Å². The van der Waals surface area contributed by atoms with Crippen LogP contribution in [0.15, 0.2) is 42.5 Å². The van der Waals surface area contributed by atoms with Crippen molar-refractivity contribution in [2.24, 2.45) is 0 Å². The summed E-state index contributed by atoms with van der Waals surface area (Å²) >= 11 is 0. The molecule has 1 fully saturated rings. The highest BCUT2D eigenvalue weighted by atomic mass is 32.2. The molecular weight excluding hydrogens is 438 g/mol. The van der Waals surface area contributed by atoms with E-state index >= 15 is 0 Å². The van der Waals surface area contributed by atoms with Crippen LogP contribution in [0.5, 0.6) is 5.75 Å². The van der Waals surface area contributed by atoms with Crippen LogP contribution in [0, 0.1) is 6.92 Å². The topological polar surface area (TPSA) is 79.0 Å². The van der Waals surface area contributed by atoms with Crippen molar-refractivity contribution < 1.29 is 17.9 Å². The molecule has 0 bridgehead atoms. The molecule has 0 radical (unpaired) electrons. The van der Waals surface area contributed by atoms with Crippen LogP contribution >= 0.6 is 0 Å². The zero-order valence-corrected chi connectivity index (χ0v) is 20.8. The predicted molar refractivity (Wildman–Crippen MR) is 132 cm³/mol. The van der Waals surface area contributed by atoms with Crippen LogP contribution in [-0.4, -0.2) is 51.7 Å². The summed E-state index contributed by atoms with van der Waals surface area (Å²) in [6, 6.07) is 12.5. The Kier molecular flexibility index (Phi) is 8.37. The van der Waals surface area contributed by atoms with Gasteiger partial charge in [0.2, 0.25) is 15.9 Å². The van der Waals surface area contributed by atoms with Crippen molar-refractivity contribution in [2.75, 3.05) is 30.8 Å². The first-order chi connectivity index (χ1) is 15.7. The number of nitrogens with one attached hydrogen (secondary N) is 1. The number of carbonyl (C=O) groups excluding carboxylic acids is 1. The molecule has 1 N–H and O–H groups in total. The molecule has 8 heteroatoms. The summed E-state index contributed by atoms with van der Waals surface area (Å²) in [4.78, 5) is 15.5. The fraction of sp³-hybridized carbons (Fsp3) is 0.480. The largest absolute Gasteiger partial charge is 0.495 e. The van der Waals surface area contributed by atoms with E-state index in [1.807, 2.05) is 25.1 Å². The van der Waals surface area contributed by atoms with Crippen LogP contribution in [-0.2, 0) is 27.9 Å². The molecular formula is C25H35N3O4S. The summed E-state index contributed by atoms with van der Waals surface area (Å²) in [5.41, 5.74) is 3.44. The molecule has 0 unspecified atom stereocenters. The molecule has 1 aliphatic rings. The van der Waals surface area contributed by atoms with E-state index in [2.05, 4.69) is 22.3 Å². The van der Waals surface area contributed by atoms with Gasteiger partial charge in [0.05, 0.1) is 19.1 Å². The van der Waals surface area contributed by atoms with Crippen LogP contribution in [0.4, 0.5) is 5.69 Å². The van der Waals surface area contributed by atoms with E-state index in [4.69, 9.17) is 4.74 Å². The van der Waals surface area contributed by atoms with Gasteiger partial charge in [-0.1, -0.05) is 36.8 Å². The van der Waals surface area contributed by atoms with Crippen molar-refractivity contribution in [3.63, 3.8) is 0 Å². The summed E-state index contributed by atoms with van der Waals surface area (Å²) in [5, 5.41) is 2.90. The number of anilines is 1. The highest BCUT2D eigenvalue weighted by Gasteiger charge is 2.31. The Morgan fingerprint density at radius 2 is 1.82 bits per heavy atom. The number of hydrogen-bond acceptors (Lipinski definition) is 5. The van der Waals surface area contributed by atoms with Crippen LogP contribution in [0.3, 0.4) is 0 Å². The van der Waals surface area contributed by atoms with Crippen molar-refractivity contribution >= 4 is 21.6 Å². The first-order valence-corrected chi connectivity index (χ1v) is 13.3. The third-order valence-electron chi connectivity index (χ3n) is 5.97. The molecule has 180 valence electrons. The number of aryl methyl sites for hydroxylation is 1. The number of likely N-dealkylation sites (tertiary alicyclic amines) is 1. The lowest BCUT2D eigenvalue weighted by Crippen LogP contribution is -2.47. The number of sulfonamides is 1. The first-order valence-electron chi connectivity index (χ1n) is 11.4. The van der Waals surface area contributed by atoms with Gasteiger partial charge in [0.1, 0.15) is 11.8 Å². The Morgan fingerprint density at radius 3 is 2.48 bits per heavy atom. The second-order valence-corrected chi connectivity index (χ2v) is 10.6. The van der Waals surface area contributed by atoms with Gasteiger partial charge in [0.15, 0.2) is 0 Å². The van der Waals surface area contributed by atoms with Gasteiger partial charge < -0.3 is 10.1 Å². The fourth-order valence-corrected chi connectivity index (χ4v) is 5.47. The molecule has 1 saturated heterocycles. The molecule has 0 aliphatic carbocycles. The normalized spacial score (nSPS) is 15.6. The summed E-state index contributed by atoms with van der Waals surface area (Å²) in [6.45, 7) is 6.95. The molecule has 2 aromatic rings. The highest BCUT2D eigenvalue weighted by molar-refractivity contribution is 7.92. The Hall–Kier alpha value is -2.58. The van der Waals surface area contributed by atoms with E-state index in [0.717, 1.165) is 41.3 Å². The maximum atomic E-state index is 13.0. The Labute approximate surface area is 197 Å². The molecule has 7 nitrogen and oxygen atoms in total. The number of ether oxygens (including phenoxy) is 1. The number of piperidine rings is 1. The third-order valence-corrected chi connectivity index (χ3v) is 7.20. The molecule has 1 aliphatic heterocycles. The number of hydrogen-bond donors (Lipinski definition) is 1. The summed E-state index contributed by atoms with van der Waals surface area (Å²) < 4.78 is 31.8. The van der Waals surface area contributed by atoms with Crippen LogP contribution in [0.2, 0.25) is 0 Å². The second-order valence-electron chi connectivity index (χ2n) is 8.78. The monoisotopic (exact) mass is 473 g/mol. The van der Waals surface area contributed by atoms with E-state index in [0.29, 0.717) is 18.0 Å². The molecule has 3 rings (SSSR count). The highest BCUT2D eigenvalue weighted by Crippen LogP contribution is 2.32. The number of amides is 1. The van der Waals surface area contributed by atoms with Gasteiger partial charge >= 0.3 is 0 Å². The summed E-state index contributed by atoms with van der Waals surface area (Å²) in [5.74, 6) is 0.0292. The second kappa shape index (κ2) is 11.0. The van der Waals surface area contributed by atoms with Gasteiger partial charge in [-0.05, 0) is 68.6 Å². The SMILES string of the molecule is COc1ccc(C)cc1N([C@@H](C)C(=O)NCc1cccc(CN2CCCCC2)c1)S(C)(=O)=O. The zero-order valence-electron chi connectivity index (χ0n) is 20.0. The van der Waals surface area contributed by atoms with Crippen LogP contribution in [0.1, 0.15) is 42.9 Å². The number of nitrogens with zero attached hydrogens (tertiary/aromatic N) is 2. The standard InChI is InChI=1S/C25H35N3O4S/c1-19-11-12-24(32-3)23(15-19)28(33(4,30)31)20(2)25(29)26-17-21-9-8-10-22(16-21)18-27-13-6-5-7-14-27/h8-12,15-16,20H,5-7,13-14,17-18H2,1-4H3,(H,26,29)/t20-/m0/s1. The number of rotatable bonds is 9. The molecule has 2 aromatic carbocycles. The number of methoxy groups -OCH3 is 1. The first kappa shape index (κ1) is 25.1. The van der Waals surface area contributed by atoms with Crippen LogP contribution < -0.4 is 14.4 Å². The smallest absolute Gasteiger partial charge is 0.243 e. The van der Waals surface area contributed by atoms with E-state index in [9.17, 15) is 13.2 Å². The van der Waals surface area contributed by atoms with Crippen molar-refractivity contribution in [1.82, 2.24) is 10.2 Å². The molecule has 0 saturated carbocycles. The number of benzene rings is 2. The molecule has 0 spiro atoms. The molecule has 1 heterocycles. The maximum Gasteiger partial charge on any atom is 0.243 e. The van der Waals surface area contributed by atoms with Gasteiger partial charge in [-0.2, -0.15) is 0 Å². The minimum Gasteiger partial charge on any atom is -0.495 e. The van der Waals surface area contributed by atoms with Gasteiger partial charge in [-0.3, -0.25) is 14.0 Å². The van der Waals surface area contributed by atoms with Crippen molar-refractivity contribution in [3.8, 4) is 5.75 Å². The van der Waals surface area contributed by atoms with Crippen molar-refractivity contribution in [3.05, 3.63) is 59.2 Å². The van der Waals surface area contributed by atoms with E-state index in [1.165, 1.54) is 31.9 Å². The summed E-state index contributed by atoms with van der Waals surface area (Å²) in [7, 11) is -2.25. The van der Waals surface area contributed by atoms with Gasteiger partial charge in [-0.15, -0.1) is 0 Å². The Balaban J connectivity index is 1.71. The van der Waals surface area contributed by atoms with Crippen molar-refractivity contribution in [1.29, 1.82) is 0 Å². The lowest BCUT2D eigenvalue weighted by molar-refractivity contribution is -0.122. The van der Waals surface area contributed by atoms with Gasteiger partial charge in [-0.25, -0.2) is 8.42 Å². The van der Waals surface area contributed by atoms with Gasteiger partial charge in [0.25, 0.3) is 0 Å². The van der Waals surface area contributed by atoms with Crippen LogP contribution in [0.25, 0.3) is 0 Å². The zero-order chi connectivity index (χ0) is 24.0. The predicted octanol–water partition coefficient (Wildman–Crippen LogP) is 3.46. The maximum absolute atomic E-state index is 13.0. The lowest BCUT2D eigenvalue weighted by atomic mass is 10.1. The lowest BCUT2D eigenvalue weighted by Gasteiger charge is -2.29.